The molecule has 2 aliphatic rings. The molecule has 1 N–H and O–H groups in total. The number of carbonyl (C=O) groups excluding carboxylic acids is 2. The molecule has 1 aliphatic carbocycles. The Balaban J connectivity index is 1.69. The first kappa shape index (κ1) is 21.6. The quantitative estimate of drug-likeness (QED) is 0.394. The number of rotatable bonds is 7. The largest absolute Gasteiger partial charge is 0.588 e. The number of fused-ring (bicyclic) bond motifs is 3. The predicted octanol–water partition coefficient (Wildman–Crippen LogP) is 4.01. The molecule has 1 unspecified atom stereocenters. The van der Waals surface area contributed by atoms with Crippen LogP contribution in [0.3, 0.4) is 0 Å². The number of hydrogen-bond acceptors (Lipinski definition) is 6. The van der Waals surface area contributed by atoms with Gasteiger partial charge in [0.1, 0.15) is 40.5 Å². The van der Waals surface area contributed by atoms with Crippen LogP contribution < -0.4 is 9.46 Å². The summed E-state index contributed by atoms with van der Waals surface area (Å²) in [6, 6.07) is 7.51. The minimum Gasteiger partial charge on any atom is -0.588 e. The fourth-order valence-corrected chi connectivity index (χ4v) is 5.03. The van der Waals surface area contributed by atoms with Gasteiger partial charge in [-0.1, -0.05) is 19.9 Å². The van der Waals surface area contributed by atoms with Crippen LogP contribution in [0, 0.1) is 17.2 Å². The van der Waals surface area contributed by atoms with E-state index in [1.54, 1.807) is 19.9 Å². The molecule has 0 aromatic heterocycles. The molecule has 31 heavy (non-hydrogen) atoms. The van der Waals surface area contributed by atoms with E-state index in [1.165, 1.54) is 25.3 Å². The number of hydrogen-bond donors (Lipinski definition) is 1. The van der Waals surface area contributed by atoms with Gasteiger partial charge in [-0.05, 0) is 48.6 Å². The summed E-state index contributed by atoms with van der Waals surface area (Å²) in [6.45, 7) is 4.00. The van der Waals surface area contributed by atoms with Gasteiger partial charge in [-0.25, -0.2) is 13.9 Å². The molecular formula is C23H24FNO5S. The average Bonchev–Trinajstić information content (AvgIpc) is 3.53. The number of halogens is 1. The first-order valence-corrected chi connectivity index (χ1v) is 11.2. The lowest BCUT2D eigenvalue weighted by Gasteiger charge is -2.23. The lowest BCUT2D eigenvalue weighted by Crippen LogP contribution is -2.22. The molecule has 1 aliphatic heterocycles. The van der Waals surface area contributed by atoms with Gasteiger partial charge in [0.2, 0.25) is 0 Å². The summed E-state index contributed by atoms with van der Waals surface area (Å²) < 4.78 is 40.8. The summed E-state index contributed by atoms with van der Waals surface area (Å²) in [5, 5.41) is 0. The van der Waals surface area contributed by atoms with Crippen molar-refractivity contribution in [1.82, 2.24) is 0 Å². The zero-order chi connectivity index (χ0) is 22.3. The normalized spacial score (nSPS) is 20.0. The van der Waals surface area contributed by atoms with E-state index in [1.807, 2.05) is 6.07 Å². The van der Waals surface area contributed by atoms with E-state index in [9.17, 15) is 18.5 Å². The molecule has 0 spiro atoms. The Morgan fingerprint density at radius 3 is 2.87 bits per heavy atom. The maximum absolute atomic E-state index is 13.9. The third kappa shape index (κ3) is 4.27. The highest BCUT2D eigenvalue weighted by Crippen LogP contribution is 2.55. The van der Waals surface area contributed by atoms with Crippen molar-refractivity contribution in [3.8, 4) is 5.75 Å². The lowest BCUT2D eigenvalue weighted by molar-refractivity contribution is -0.114. The van der Waals surface area contributed by atoms with Crippen molar-refractivity contribution in [3.63, 3.8) is 0 Å². The molecule has 164 valence electrons. The first-order valence-electron chi connectivity index (χ1n) is 10.1. The minimum absolute atomic E-state index is 0.204. The molecule has 3 atom stereocenters. The van der Waals surface area contributed by atoms with Gasteiger partial charge in [-0.2, -0.15) is 0 Å². The highest BCUT2D eigenvalue weighted by molar-refractivity contribution is 7.92. The minimum atomic E-state index is -1.81. The third-order valence-corrected chi connectivity index (χ3v) is 6.93. The van der Waals surface area contributed by atoms with E-state index >= 15 is 0 Å². The number of nitrogens with one attached hydrogen (secondary N) is 1. The molecule has 1 saturated carbocycles. The van der Waals surface area contributed by atoms with Crippen LogP contribution in [0.15, 0.2) is 35.2 Å². The van der Waals surface area contributed by atoms with Gasteiger partial charge in [0.15, 0.2) is 4.90 Å². The van der Waals surface area contributed by atoms with Gasteiger partial charge in [-0.3, -0.25) is 0 Å². The summed E-state index contributed by atoms with van der Waals surface area (Å²) in [6.07, 6.45) is 2.04. The van der Waals surface area contributed by atoms with Crippen molar-refractivity contribution in [2.24, 2.45) is 11.3 Å². The molecule has 0 amide bonds. The third-order valence-electron chi connectivity index (χ3n) is 5.73. The fraction of sp³-hybridized carbons (Fsp3) is 0.391. The monoisotopic (exact) mass is 445 g/mol. The zero-order valence-electron chi connectivity index (χ0n) is 17.6. The Hall–Kier alpha value is -2.58. The van der Waals surface area contributed by atoms with Crippen molar-refractivity contribution in [1.29, 1.82) is 0 Å². The predicted molar refractivity (Wildman–Crippen MR) is 114 cm³/mol. The van der Waals surface area contributed by atoms with Gasteiger partial charge in [0.05, 0.1) is 13.7 Å². The summed E-state index contributed by atoms with van der Waals surface area (Å²) in [5.74, 6) is 0.259. The number of benzene rings is 2. The fourth-order valence-electron chi connectivity index (χ4n) is 3.99. The summed E-state index contributed by atoms with van der Waals surface area (Å²) in [4.78, 5) is 24.3. The number of ether oxygens (including phenoxy) is 2. The highest BCUT2D eigenvalue weighted by atomic mass is 32.2. The number of anilines is 1. The van der Waals surface area contributed by atoms with Gasteiger partial charge < -0.3 is 18.8 Å². The van der Waals surface area contributed by atoms with Crippen LogP contribution in [-0.2, 0) is 27.3 Å². The van der Waals surface area contributed by atoms with Crippen LogP contribution in [-0.4, -0.2) is 30.5 Å². The molecule has 4 rings (SSSR count). The Kier molecular flexibility index (Phi) is 5.70. The Labute approximate surface area is 183 Å². The topological polar surface area (TPSA) is 87.7 Å². The second kappa shape index (κ2) is 8.16. The molecule has 8 heteroatoms. The molecule has 1 fully saturated rings. The van der Waals surface area contributed by atoms with Gasteiger partial charge >= 0.3 is 5.97 Å². The molecular weight excluding hydrogens is 421 g/mol. The number of esters is 1. The van der Waals surface area contributed by atoms with Crippen LogP contribution in [0.25, 0.3) is 0 Å². The number of aldehydes is 1. The molecule has 0 saturated heterocycles. The Morgan fingerprint density at radius 1 is 1.39 bits per heavy atom. The van der Waals surface area contributed by atoms with Crippen LogP contribution in [0.2, 0.25) is 0 Å². The van der Waals surface area contributed by atoms with Gasteiger partial charge in [0.25, 0.3) is 0 Å². The van der Waals surface area contributed by atoms with E-state index in [0.29, 0.717) is 40.3 Å². The van der Waals surface area contributed by atoms with Crippen LogP contribution in [0.5, 0.6) is 5.75 Å². The number of carbonyl (C=O) groups is 2. The Morgan fingerprint density at radius 2 is 2.16 bits per heavy atom. The molecule has 0 bridgehead atoms. The first-order chi connectivity index (χ1) is 14.7. The highest BCUT2D eigenvalue weighted by Gasteiger charge is 2.45. The summed E-state index contributed by atoms with van der Waals surface area (Å²) in [7, 11) is 1.28. The van der Waals surface area contributed by atoms with E-state index in [4.69, 9.17) is 9.47 Å². The van der Waals surface area contributed by atoms with Crippen molar-refractivity contribution < 1.29 is 28.0 Å². The van der Waals surface area contributed by atoms with Gasteiger partial charge in [-0.15, -0.1) is 0 Å². The van der Waals surface area contributed by atoms with Crippen molar-refractivity contribution in [3.05, 3.63) is 52.8 Å². The smallest absolute Gasteiger partial charge is 0.343 e. The van der Waals surface area contributed by atoms with E-state index in [0.717, 1.165) is 18.3 Å². The second-order valence-electron chi connectivity index (χ2n) is 8.72. The van der Waals surface area contributed by atoms with E-state index < -0.39 is 28.6 Å². The molecule has 6 nitrogen and oxygen atoms in total. The maximum Gasteiger partial charge on any atom is 0.343 e. The van der Waals surface area contributed by atoms with Crippen LogP contribution >= 0.6 is 0 Å². The number of methoxy groups -OCH3 is 1. The molecule has 0 radical (unpaired) electrons. The molecule has 1 heterocycles. The van der Waals surface area contributed by atoms with Gasteiger partial charge in [0, 0.05) is 16.9 Å². The van der Waals surface area contributed by atoms with Crippen molar-refractivity contribution in [2.75, 3.05) is 18.4 Å². The Bertz CT molecular complexity index is 1040. The maximum atomic E-state index is 13.9. The molecule has 2 aromatic carbocycles. The van der Waals surface area contributed by atoms with Crippen molar-refractivity contribution in [2.45, 2.75) is 37.5 Å². The van der Waals surface area contributed by atoms with Crippen LogP contribution in [0.4, 0.5) is 10.1 Å². The zero-order valence-corrected chi connectivity index (χ0v) is 18.4. The average molecular weight is 446 g/mol. The van der Waals surface area contributed by atoms with E-state index in [-0.39, 0.29) is 12.0 Å². The standard InChI is InChI=1S/C23H24FNO5S/c1-23(2,12-26)10-13-8-15(24)4-7-19(13)31(28)25-18-6-5-16-17-9-14(17)11-30-21(16)20(18)22(27)29-3/h4-8,12,14,17,25H,9-11H2,1-3H3/t14-,17-,31?/m0/s1. The SMILES string of the molecule is COC(=O)c1c(N[S+]([O-])c2ccc(F)cc2CC(C)(C)C=O)ccc2c1OC[C@@H]1C[C@H]21. The van der Waals surface area contributed by atoms with Crippen molar-refractivity contribution >= 4 is 29.3 Å². The summed E-state index contributed by atoms with van der Waals surface area (Å²) >= 11 is -1.81. The van der Waals surface area contributed by atoms with Crippen LogP contribution in [0.1, 0.15) is 47.7 Å². The second-order valence-corrected chi connectivity index (χ2v) is 9.90. The molecule has 2 aromatic rings. The van der Waals surface area contributed by atoms with E-state index in [2.05, 4.69) is 4.72 Å². The summed E-state index contributed by atoms with van der Waals surface area (Å²) in [5.41, 5.74) is 1.19. The lowest BCUT2D eigenvalue weighted by atomic mass is 9.87.